The highest BCUT2D eigenvalue weighted by molar-refractivity contribution is 7.46. The second-order valence-corrected chi connectivity index (χ2v) is 5.84. The van der Waals surface area contributed by atoms with Gasteiger partial charge in [-0.15, -0.1) is 0 Å². The van der Waals surface area contributed by atoms with Crippen molar-refractivity contribution in [1.29, 1.82) is 0 Å². The topological polar surface area (TPSA) is 151 Å². The maximum atomic E-state index is 11.1. The van der Waals surface area contributed by atoms with E-state index in [1.807, 2.05) is 0 Å². The van der Waals surface area contributed by atoms with Crippen molar-refractivity contribution >= 4 is 13.8 Å². The number of esters is 1. The van der Waals surface area contributed by atoms with Crippen LogP contribution in [0.15, 0.2) is 5.11 Å². The number of phosphoric acid groups is 1. The highest BCUT2D eigenvalue weighted by Crippen LogP contribution is 2.43. The lowest BCUT2D eigenvalue weighted by molar-refractivity contribution is -0.220. The Hall–Kier alpha value is -1.15. The first-order valence-electron chi connectivity index (χ1n) is 5.70. The maximum Gasteiger partial charge on any atom is 0.471 e. The van der Waals surface area contributed by atoms with Crippen LogP contribution in [0.1, 0.15) is 27.2 Å². The Morgan fingerprint density at radius 1 is 1.60 bits per heavy atom. The van der Waals surface area contributed by atoms with E-state index in [9.17, 15) is 9.36 Å². The zero-order valence-electron chi connectivity index (χ0n) is 11.2. The average Bonchev–Trinajstić information content (AvgIpc) is 2.21. The molecule has 0 saturated carbocycles. The van der Waals surface area contributed by atoms with Crippen molar-refractivity contribution in [1.82, 2.24) is 0 Å². The van der Waals surface area contributed by atoms with Crippen LogP contribution >= 0.6 is 7.82 Å². The Bertz CT molecular complexity index is 474. The molecule has 0 radical (unpaired) electrons. The standard InChI is InChI=1S/C9H16N3O7P/c1-5-8(18-6(2)13)9(3,11-12-10)4-7(17-5)19-20(14,15)16/h5,7-8H,4H2,1-3H3,(H2,14,15,16)/t5-,7+,8+,9-/m0/s1. The summed E-state index contributed by atoms with van der Waals surface area (Å²) in [6, 6.07) is 0. The van der Waals surface area contributed by atoms with Gasteiger partial charge in [0.2, 0.25) is 0 Å². The molecule has 0 spiro atoms. The van der Waals surface area contributed by atoms with E-state index in [1.165, 1.54) is 20.8 Å². The Kier molecular flexibility index (Phi) is 5.15. The van der Waals surface area contributed by atoms with Gasteiger partial charge < -0.3 is 19.3 Å². The Morgan fingerprint density at radius 2 is 2.20 bits per heavy atom. The molecule has 0 amide bonds. The first-order chi connectivity index (χ1) is 9.07. The Labute approximate surface area is 114 Å². The number of ether oxygens (including phenoxy) is 2. The number of phosphoric ester groups is 1. The highest BCUT2D eigenvalue weighted by atomic mass is 31.2. The molecular weight excluding hydrogens is 293 g/mol. The van der Waals surface area contributed by atoms with Crippen LogP contribution in [0.2, 0.25) is 0 Å². The predicted molar refractivity (Wildman–Crippen MR) is 65.2 cm³/mol. The maximum absolute atomic E-state index is 11.1. The molecule has 0 bridgehead atoms. The highest BCUT2D eigenvalue weighted by Gasteiger charge is 2.48. The molecule has 4 atom stereocenters. The molecule has 10 nitrogen and oxygen atoms in total. The van der Waals surface area contributed by atoms with Crippen LogP contribution in [-0.4, -0.2) is 39.8 Å². The quantitative estimate of drug-likeness (QED) is 0.260. The third-order valence-electron chi connectivity index (χ3n) is 2.81. The molecule has 1 rings (SSSR count). The lowest BCUT2D eigenvalue weighted by atomic mass is 9.86. The minimum absolute atomic E-state index is 0.162. The van der Waals surface area contributed by atoms with Crippen molar-refractivity contribution in [3.63, 3.8) is 0 Å². The molecule has 1 heterocycles. The van der Waals surface area contributed by atoms with Crippen molar-refractivity contribution in [2.24, 2.45) is 5.11 Å². The first-order valence-corrected chi connectivity index (χ1v) is 7.23. The summed E-state index contributed by atoms with van der Waals surface area (Å²) < 4.78 is 25.6. The lowest BCUT2D eigenvalue weighted by Gasteiger charge is -2.43. The van der Waals surface area contributed by atoms with Crippen LogP contribution in [-0.2, 0) is 23.4 Å². The summed E-state index contributed by atoms with van der Waals surface area (Å²) >= 11 is 0. The summed E-state index contributed by atoms with van der Waals surface area (Å²) in [5.74, 6) is -0.584. The van der Waals surface area contributed by atoms with Crippen molar-refractivity contribution in [2.45, 2.75) is 51.2 Å². The molecule has 0 aromatic heterocycles. The summed E-state index contributed by atoms with van der Waals surface area (Å²) in [5, 5.41) is 3.57. The number of rotatable bonds is 4. The van der Waals surface area contributed by atoms with Crippen LogP contribution in [0.4, 0.5) is 0 Å². The molecule has 1 aliphatic rings. The van der Waals surface area contributed by atoms with E-state index in [2.05, 4.69) is 14.5 Å². The van der Waals surface area contributed by atoms with Crippen LogP contribution < -0.4 is 0 Å². The Morgan fingerprint density at radius 3 is 2.65 bits per heavy atom. The summed E-state index contributed by atoms with van der Waals surface area (Å²) in [4.78, 5) is 31.3. The number of azide groups is 1. The van der Waals surface area contributed by atoms with E-state index in [-0.39, 0.29) is 6.42 Å². The fourth-order valence-corrected chi connectivity index (χ4v) is 2.57. The molecule has 114 valence electrons. The van der Waals surface area contributed by atoms with Crippen LogP contribution in [0.5, 0.6) is 0 Å². The molecule has 20 heavy (non-hydrogen) atoms. The molecule has 1 saturated heterocycles. The van der Waals surface area contributed by atoms with Crippen LogP contribution in [0.25, 0.3) is 10.4 Å². The van der Waals surface area contributed by atoms with Gasteiger partial charge in [0.1, 0.15) is 6.10 Å². The van der Waals surface area contributed by atoms with E-state index in [0.29, 0.717) is 0 Å². The van der Waals surface area contributed by atoms with Gasteiger partial charge in [0.25, 0.3) is 0 Å². The summed E-state index contributed by atoms with van der Waals surface area (Å²) in [6.45, 7) is 4.21. The fourth-order valence-electron chi connectivity index (χ4n) is 2.13. The number of nitrogens with zero attached hydrogens (tertiary/aromatic N) is 3. The SMILES string of the molecule is CC(=O)O[C@@H]1[C@H](C)O[C@H](OP(=O)(O)O)C[C@]1(C)N=[N+]=[N-]. The zero-order valence-corrected chi connectivity index (χ0v) is 12.1. The van der Waals surface area contributed by atoms with E-state index in [1.54, 1.807) is 0 Å². The average molecular weight is 309 g/mol. The van der Waals surface area contributed by atoms with Gasteiger partial charge in [-0.05, 0) is 12.5 Å². The summed E-state index contributed by atoms with van der Waals surface area (Å²) in [6.07, 6.45) is -3.08. The number of hydrogen-bond acceptors (Lipinski definition) is 6. The largest absolute Gasteiger partial charge is 0.471 e. The molecule has 2 N–H and O–H groups in total. The van der Waals surface area contributed by atoms with Crippen molar-refractivity contribution in [3.8, 4) is 0 Å². The molecular formula is C9H16N3O7P. The fraction of sp³-hybridized carbons (Fsp3) is 0.889. The minimum Gasteiger partial charge on any atom is -0.459 e. The van der Waals surface area contributed by atoms with E-state index < -0.39 is 37.8 Å². The number of carbonyl (C=O) groups excluding carboxylic acids is 1. The molecule has 0 aromatic rings. The normalized spacial score (nSPS) is 34.1. The summed E-state index contributed by atoms with van der Waals surface area (Å²) in [7, 11) is -4.75. The smallest absolute Gasteiger partial charge is 0.459 e. The van der Waals surface area contributed by atoms with Crippen LogP contribution in [0.3, 0.4) is 0 Å². The third-order valence-corrected chi connectivity index (χ3v) is 3.32. The monoisotopic (exact) mass is 309 g/mol. The second kappa shape index (κ2) is 6.09. The van der Waals surface area contributed by atoms with Gasteiger partial charge in [-0.25, -0.2) is 4.57 Å². The molecule has 1 fully saturated rings. The van der Waals surface area contributed by atoms with Gasteiger partial charge in [-0.3, -0.25) is 9.32 Å². The van der Waals surface area contributed by atoms with Gasteiger partial charge in [0.05, 0.1) is 11.6 Å². The molecule has 0 aliphatic carbocycles. The lowest BCUT2D eigenvalue weighted by Crippen LogP contribution is -2.55. The van der Waals surface area contributed by atoms with E-state index in [0.717, 1.165) is 0 Å². The zero-order chi connectivity index (χ0) is 15.6. The Balaban J connectivity index is 3.00. The van der Waals surface area contributed by atoms with Gasteiger partial charge >= 0.3 is 13.8 Å². The van der Waals surface area contributed by atoms with E-state index >= 15 is 0 Å². The number of carbonyl (C=O) groups is 1. The third kappa shape index (κ3) is 4.45. The number of hydrogen-bond donors (Lipinski definition) is 2. The first kappa shape index (κ1) is 16.9. The van der Waals surface area contributed by atoms with Crippen molar-refractivity contribution < 1.29 is 33.1 Å². The van der Waals surface area contributed by atoms with Crippen LogP contribution in [0, 0.1) is 0 Å². The van der Waals surface area contributed by atoms with Gasteiger partial charge in [0, 0.05) is 18.3 Å². The predicted octanol–water partition coefficient (Wildman–Crippen LogP) is 1.23. The molecule has 0 unspecified atom stereocenters. The molecule has 1 aliphatic heterocycles. The van der Waals surface area contributed by atoms with Gasteiger partial charge in [0.15, 0.2) is 6.29 Å². The van der Waals surface area contributed by atoms with Crippen molar-refractivity contribution in [3.05, 3.63) is 10.4 Å². The van der Waals surface area contributed by atoms with E-state index in [4.69, 9.17) is 24.8 Å². The minimum atomic E-state index is -4.75. The molecule has 0 aromatic carbocycles. The summed E-state index contributed by atoms with van der Waals surface area (Å²) in [5.41, 5.74) is 7.39. The van der Waals surface area contributed by atoms with Gasteiger partial charge in [-0.2, -0.15) is 0 Å². The van der Waals surface area contributed by atoms with Crippen molar-refractivity contribution in [2.75, 3.05) is 0 Å². The second-order valence-electron chi connectivity index (χ2n) is 4.65. The molecule has 11 heteroatoms. The van der Waals surface area contributed by atoms with Gasteiger partial charge in [-0.1, -0.05) is 12.0 Å².